The predicted molar refractivity (Wildman–Crippen MR) is 126 cm³/mol. The van der Waals surface area contributed by atoms with E-state index in [0.29, 0.717) is 23.0 Å². The quantitative estimate of drug-likeness (QED) is 0.351. The SMILES string of the molecule is O=C(NC(=S)NCc1ccc(-c2nc3ccccc3o2)cc1)c1cc(Br)ccc1Cl. The monoisotopic (exact) mass is 499 g/mol. The summed E-state index contributed by atoms with van der Waals surface area (Å²) in [6, 6.07) is 20.5. The Morgan fingerprint density at radius 1 is 1.10 bits per heavy atom. The summed E-state index contributed by atoms with van der Waals surface area (Å²) in [6.45, 7) is 0.458. The van der Waals surface area contributed by atoms with Crippen molar-refractivity contribution in [3.63, 3.8) is 0 Å². The van der Waals surface area contributed by atoms with Gasteiger partial charge in [0.1, 0.15) is 5.52 Å². The van der Waals surface area contributed by atoms with Gasteiger partial charge in [-0.3, -0.25) is 10.1 Å². The molecule has 3 aromatic carbocycles. The molecule has 0 radical (unpaired) electrons. The van der Waals surface area contributed by atoms with Gasteiger partial charge in [0, 0.05) is 16.6 Å². The summed E-state index contributed by atoms with van der Waals surface area (Å²) in [6.07, 6.45) is 0. The highest BCUT2D eigenvalue weighted by molar-refractivity contribution is 9.10. The number of aromatic nitrogens is 1. The summed E-state index contributed by atoms with van der Waals surface area (Å²) < 4.78 is 6.55. The number of rotatable bonds is 4. The van der Waals surface area contributed by atoms with E-state index < -0.39 is 0 Å². The highest BCUT2D eigenvalue weighted by Crippen LogP contribution is 2.24. The Bertz CT molecular complexity index is 1210. The number of fused-ring (bicyclic) bond motifs is 1. The van der Waals surface area contributed by atoms with E-state index in [0.717, 1.165) is 26.7 Å². The number of carbonyl (C=O) groups is 1. The lowest BCUT2D eigenvalue weighted by molar-refractivity contribution is 0.0976. The zero-order chi connectivity index (χ0) is 21.1. The summed E-state index contributed by atoms with van der Waals surface area (Å²) in [5, 5.41) is 6.23. The third-order valence-electron chi connectivity index (χ3n) is 4.35. The van der Waals surface area contributed by atoms with Gasteiger partial charge in [0.15, 0.2) is 10.7 Å². The van der Waals surface area contributed by atoms with Crippen LogP contribution in [0.1, 0.15) is 15.9 Å². The van der Waals surface area contributed by atoms with Gasteiger partial charge in [-0.15, -0.1) is 0 Å². The summed E-state index contributed by atoms with van der Waals surface area (Å²) in [7, 11) is 0. The van der Waals surface area contributed by atoms with Crippen molar-refractivity contribution < 1.29 is 9.21 Å². The number of amides is 1. The van der Waals surface area contributed by atoms with E-state index in [1.165, 1.54) is 0 Å². The van der Waals surface area contributed by atoms with Crippen molar-refractivity contribution in [3.8, 4) is 11.5 Å². The molecule has 30 heavy (non-hydrogen) atoms. The Balaban J connectivity index is 1.36. The van der Waals surface area contributed by atoms with E-state index in [1.54, 1.807) is 18.2 Å². The zero-order valence-corrected chi connectivity index (χ0v) is 18.6. The van der Waals surface area contributed by atoms with E-state index in [2.05, 4.69) is 31.5 Å². The molecule has 1 heterocycles. The number of para-hydroxylation sites is 2. The van der Waals surface area contributed by atoms with Crippen LogP contribution in [0.4, 0.5) is 0 Å². The van der Waals surface area contributed by atoms with Gasteiger partial charge in [0.25, 0.3) is 5.91 Å². The van der Waals surface area contributed by atoms with Gasteiger partial charge in [-0.05, 0) is 60.2 Å². The Morgan fingerprint density at radius 3 is 2.63 bits per heavy atom. The van der Waals surface area contributed by atoms with Gasteiger partial charge in [-0.25, -0.2) is 4.98 Å². The number of nitrogens with zero attached hydrogens (tertiary/aromatic N) is 1. The van der Waals surface area contributed by atoms with Crippen LogP contribution in [0.3, 0.4) is 0 Å². The molecule has 0 atom stereocenters. The van der Waals surface area contributed by atoms with Gasteiger partial charge >= 0.3 is 0 Å². The molecule has 0 fully saturated rings. The fraction of sp³-hybridized carbons (Fsp3) is 0.0455. The minimum atomic E-state index is -0.370. The van der Waals surface area contributed by atoms with Crippen molar-refractivity contribution in [2.24, 2.45) is 0 Å². The molecule has 0 aliphatic heterocycles. The molecule has 4 aromatic rings. The van der Waals surface area contributed by atoms with E-state index in [9.17, 15) is 4.79 Å². The molecule has 0 spiro atoms. The summed E-state index contributed by atoms with van der Waals surface area (Å²) in [4.78, 5) is 16.9. The second-order valence-electron chi connectivity index (χ2n) is 6.44. The Morgan fingerprint density at radius 2 is 1.87 bits per heavy atom. The average Bonchev–Trinajstić information content (AvgIpc) is 3.18. The number of oxazole rings is 1. The van der Waals surface area contributed by atoms with Gasteiger partial charge in [-0.1, -0.05) is 51.8 Å². The third-order valence-corrected chi connectivity index (χ3v) is 5.42. The molecule has 0 bridgehead atoms. The van der Waals surface area contributed by atoms with E-state index >= 15 is 0 Å². The van der Waals surface area contributed by atoms with Crippen LogP contribution >= 0.6 is 39.7 Å². The minimum absolute atomic E-state index is 0.221. The highest BCUT2D eigenvalue weighted by Gasteiger charge is 2.12. The van der Waals surface area contributed by atoms with E-state index in [-0.39, 0.29) is 11.0 Å². The first-order valence-electron chi connectivity index (χ1n) is 8.99. The predicted octanol–water partition coefficient (Wildman–Crippen LogP) is 5.72. The van der Waals surface area contributed by atoms with Gasteiger partial charge < -0.3 is 9.73 Å². The first-order chi connectivity index (χ1) is 14.5. The molecule has 0 aliphatic carbocycles. The zero-order valence-electron chi connectivity index (χ0n) is 15.5. The molecule has 0 saturated carbocycles. The van der Waals surface area contributed by atoms with Crippen molar-refractivity contribution >= 4 is 61.9 Å². The first-order valence-corrected chi connectivity index (χ1v) is 10.6. The molecular formula is C22H15BrClN3O2S. The van der Waals surface area contributed by atoms with Crippen molar-refractivity contribution in [3.05, 3.63) is 87.4 Å². The molecule has 150 valence electrons. The first kappa shape index (κ1) is 20.5. The Labute approximate surface area is 191 Å². The van der Waals surface area contributed by atoms with Crippen molar-refractivity contribution in [1.82, 2.24) is 15.6 Å². The molecule has 0 aliphatic rings. The van der Waals surface area contributed by atoms with Crippen LogP contribution in [0.2, 0.25) is 5.02 Å². The Hall–Kier alpha value is -2.74. The molecular weight excluding hydrogens is 486 g/mol. The molecule has 4 rings (SSSR count). The molecule has 1 amide bonds. The molecule has 0 unspecified atom stereocenters. The second kappa shape index (κ2) is 8.95. The summed E-state index contributed by atoms with van der Waals surface area (Å²) >= 11 is 14.6. The lowest BCUT2D eigenvalue weighted by Crippen LogP contribution is -2.38. The van der Waals surface area contributed by atoms with Gasteiger partial charge in [-0.2, -0.15) is 0 Å². The fourth-order valence-corrected chi connectivity index (χ4v) is 3.56. The Kier molecular flexibility index (Phi) is 6.13. The minimum Gasteiger partial charge on any atom is -0.436 e. The topological polar surface area (TPSA) is 67.2 Å². The number of halogens is 2. The number of thiocarbonyl (C=S) groups is 1. The van der Waals surface area contributed by atoms with Crippen molar-refractivity contribution in [2.45, 2.75) is 6.54 Å². The molecule has 2 N–H and O–H groups in total. The average molecular weight is 501 g/mol. The standard InChI is InChI=1S/C22H15BrClN3O2S/c23-15-9-10-17(24)16(11-15)20(28)27-22(30)25-12-13-5-7-14(8-6-13)21-26-18-3-1-2-4-19(18)29-21/h1-11H,12H2,(H2,25,27,28,30). The molecule has 0 saturated heterocycles. The number of carbonyl (C=O) groups excluding carboxylic acids is 1. The maximum absolute atomic E-state index is 12.4. The maximum atomic E-state index is 12.4. The van der Waals surface area contributed by atoms with Gasteiger partial charge in [0.05, 0.1) is 10.6 Å². The van der Waals surface area contributed by atoms with Crippen LogP contribution in [0.15, 0.2) is 75.6 Å². The largest absolute Gasteiger partial charge is 0.436 e. The molecule has 8 heteroatoms. The molecule has 1 aromatic heterocycles. The highest BCUT2D eigenvalue weighted by atomic mass is 79.9. The van der Waals surface area contributed by atoms with Gasteiger partial charge in [0.2, 0.25) is 5.89 Å². The summed E-state index contributed by atoms with van der Waals surface area (Å²) in [5.41, 5.74) is 3.80. The van der Waals surface area contributed by atoms with Crippen LogP contribution in [-0.2, 0) is 6.54 Å². The van der Waals surface area contributed by atoms with E-state index in [4.69, 9.17) is 28.2 Å². The number of nitrogens with one attached hydrogen (secondary N) is 2. The lowest BCUT2D eigenvalue weighted by atomic mass is 10.1. The van der Waals surface area contributed by atoms with E-state index in [1.807, 2.05) is 48.5 Å². The van der Waals surface area contributed by atoms with Crippen LogP contribution < -0.4 is 10.6 Å². The second-order valence-corrected chi connectivity index (χ2v) is 8.18. The number of hydrogen-bond acceptors (Lipinski definition) is 4. The normalized spacial score (nSPS) is 10.7. The van der Waals surface area contributed by atoms with Crippen LogP contribution in [0.5, 0.6) is 0 Å². The van der Waals surface area contributed by atoms with Crippen molar-refractivity contribution in [2.75, 3.05) is 0 Å². The maximum Gasteiger partial charge on any atom is 0.258 e. The van der Waals surface area contributed by atoms with Crippen LogP contribution in [0.25, 0.3) is 22.6 Å². The van der Waals surface area contributed by atoms with Crippen LogP contribution in [0, 0.1) is 0 Å². The third kappa shape index (κ3) is 4.70. The smallest absolute Gasteiger partial charge is 0.258 e. The number of hydrogen-bond donors (Lipinski definition) is 2. The van der Waals surface area contributed by atoms with Crippen molar-refractivity contribution in [1.29, 1.82) is 0 Å². The molecule has 5 nitrogen and oxygen atoms in total. The number of benzene rings is 3. The lowest BCUT2D eigenvalue weighted by Gasteiger charge is -2.11. The summed E-state index contributed by atoms with van der Waals surface area (Å²) in [5.74, 6) is 0.203. The van der Waals surface area contributed by atoms with Crippen LogP contribution in [-0.4, -0.2) is 16.0 Å². The fourth-order valence-electron chi connectivity index (χ4n) is 2.83.